The second kappa shape index (κ2) is 7.05. The summed E-state index contributed by atoms with van der Waals surface area (Å²) in [6.45, 7) is 4.78. The molecule has 1 amide bonds. The second-order valence-electron chi connectivity index (χ2n) is 6.40. The average Bonchev–Trinajstić information content (AvgIpc) is 3.39. The van der Waals surface area contributed by atoms with Crippen molar-refractivity contribution in [3.8, 4) is 10.6 Å². The molecule has 7 nitrogen and oxygen atoms in total. The number of fused-ring (bicyclic) bond motifs is 1. The van der Waals surface area contributed by atoms with Crippen LogP contribution in [0.25, 0.3) is 21.7 Å². The third-order valence-corrected chi connectivity index (χ3v) is 5.49. The van der Waals surface area contributed by atoms with Gasteiger partial charge < -0.3 is 20.4 Å². The largest absolute Gasteiger partial charge is 0.423 e. The zero-order valence-corrected chi connectivity index (χ0v) is 15.4. The number of benzene rings is 1. The van der Waals surface area contributed by atoms with Crippen molar-refractivity contribution in [3.05, 3.63) is 29.3 Å². The van der Waals surface area contributed by atoms with Gasteiger partial charge >= 0.3 is 0 Å². The summed E-state index contributed by atoms with van der Waals surface area (Å²) in [5.74, 6) is -0.489. The summed E-state index contributed by atoms with van der Waals surface area (Å²) in [4.78, 5) is 22.8. The molecule has 26 heavy (non-hydrogen) atoms. The van der Waals surface area contributed by atoms with Gasteiger partial charge in [0.1, 0.15) is 10.5 Å². The van der Waals surface area contributed by atoms with Crippen LogP contribution < -0.4 is 16.0 Å². The molecule has 136 valence electrons. The molecule has 0 spiro atoms. The first-order valence-corrected chi connectivity index (χ1v) is 9.66. The maximum absolute atomic E-state index is 11.7. The lowest BCUT2D eigenvalue weighted by atomic mass is 10.1. The van der Waals surface area contributed by atoms with E-state index in [1.807, 2.05) is 5.38 Å². The van der Waals surface area contributed by atoms with E-state index in [1.54, 1.807) is 18.3 Å². The highest BCUT2D eigenvalue weighted by atomic mass is 32.1. The number of nitrogens with one attached hydrogen (secondary N) is 1. The Bertz CT molecular complexity index is 915. The van der Waals surface area contributed by atoms with Gasteiger partial charge in [0.2, 0.25) is 5.91 Å². The number of aromatic nitrogens is 2. The van der Waals surface area contributed by atoms with Crippen molar-refractivity contribution in [1.82, 2.24) is 15.3 Å². The van der Waals surface area contributed by atoms with Crippen molar-refractivity contribution in [1.29, 1.82) is 0 Å². The number of amides is 1. The van der Waals surface area contributed by atoms with Crippen LogP contribution in [0.2, 0.25) is 0 Å². The fourth-order valence-corrected chi connectivity index (χ4v) is 3.99. The highest BCUT2D eigenvalue weighted by Gasteiger charge is 2.22. The van der Waals surface area contributed by atoms with Gasteiger partial charge in [-0.2, -0.15) is 4.98 Å². The van der Waals surface area contributed by atoms with E-state index in [2.05, 4.69) is 27.1 Å². The summed E-state index contributed by atoms with van der Waals surface area (Å²) in [6, 6.07) is 4.43. The van der Waals surface area contributed by atoms with Crippen LogP contribution in [0.15, 0.2) is 28.1 Å². The summed E-state index contributed by atoms with van der Waals surface area (Å²) >= 11 is 1.49. The van der Waals surface area contributed by atoms with E-state index in [0.717, 1.165) is 36.6 Å². The van der Waals surface area contributed by atoms with Crippen molar-refractivity contribution in [2.75, 3.05) is 24.5 Å². The average molecular weight is 371 g/mol. The Labute approximate surface area is 155 Å². The van der Waals surface area contributed by atoms with Crippen LogP contribution >= 0.6 is 11.3 Å². The van der Waals surface area contributed by atoms with Gasteiger partial charge in [0.15, 0.2) is 5.58 Å². The molecular formula is C18H21N5O2S. The van der Waals surface area contributed by atoms with E-state index in [0.29, 0.717) is 28.7 Å². The molecule has 1 saturated heterocycles. The number of anilines is 1. The Kier molecular flexibility index (Phi) is 4.60. The molecule has 0 radical (unpaired) electrons. The number of carbonyl (C=O) groups excluding carboxylic acids is 1. The normalized spacial score (nSPS) is 17.0. The number of nitrogens with two attached hydrogens (primary N) is 1. The summed E-state index contributed by atoms with van der Waals surface area (Å²) in [6.07, 6.45) is 4.09. The molecule has 1 unspecified atom stereocenters. The fraction of sp³-hybridized carbons (Fsp3) is 0.389. The van der Waals surface area contributed by atoms with Crippen LogP contribution in [0.4, 0.5) is 6.01 Å². The van der Waals surface area contributed by atoms with Crippen LogP contribution in [0, 0.1) is 0 Å². The van der Waals surface area contributed by atoms with Gasteiger partial charge in [0.25, 0.3) is 6.01 Å². The number of rotatable bonds is 6. The van der Waals surface area contributed by atoms with Crippen LogP contribution in [0.5, 0.6) is 0 Å². The molecule has 4 rings (SSSR count). The standard InChI is InChI=1S/C18H21N5O2S/c1-2-23(10-12-4-3-5-20-12)18-22-14-9-11(16(19)24)8-13(15(14)25-18)17-21-6-7-26-17/h6-9,12,20H,2-5,10H2,1H3,(H2,19,24). The molecule has 1 aliphatic rings. The fourth-order valence-electron chi connectivity index (χ4n) is 3.33. The molecule has 0 bridgehead atoms. The predicted molar refractivity (Wildman–Crippen MR) is 103 cm³/mol. The Hall–Kier alpha value is -2.45. The molecule has 1 aliphatic heterocycles. The molecule has 0 aliphatic carbocycles. The van der Waals surface area contributed by atoms with Gasteiger partial charge in [0, 0.05) is 36.3 Å². The predicted octanol–water partition coefficient (Wildman–Crippen LogP) is 2.63. The molecule has 1 aromatic carbocycles. The Morgan fingerprint density at radius 2 is 2.38 bits per heavy atom. The van der Waals surface area contributed by atoms with E-state index in [9.17, 15) is 4.79 Å². The van der Waals surface area contributed by atoms with Crippen molar-refractivity contribution >= 4 is 34.4 Å². The molecule has 3 N–H and O–H groups in total. The number of carbonyl (C=O) groups is 1. The van der Waals surface area contributed by atoms with Gasteiger partial charge in [-0.05, 0) is 38.4 Å². The Morgan fingerprint density at radius 3 is 3.04 bits per heavy atom. The zero-order chi connectivity index (χ0) is 18.1. The van der Waals surface area contributed by atoms with Gasteiger partial charge in [-0.15, -0.1) is 11.3 Å². The van der Waals surface area contributed by atoms with Gasteiger partial charge in [-0.1, -0.05) is 0 Å². The van der Waals surface area contributed by atoms with Crippen LogP contribution in [0.1, 0.15) is 30.1 Å². The molecular weight excluding hydrogens is 350 g/mol. The first-order chi connectivity index (χ1) is 12.7. The maximum Gasteiger partial charge on any atom is 0.298 e. The number of thiazole rings is 1. The number of likely N-dealkylation sites (N-methyl/N-ethyl adjacent to an activating group) is 1. The topological polar surface area (TPSA) is 97.3 Å². The van der Waals surface area contributed by atoms with Crippen molar-refractivity contribution < 1.29 is 9.21 Å². The van der Waals surface area contributed by atoms with Crippen LogP contribution in [0.3, 0.4) is 0 Å². The van der Waals surface area contributed by atoms with E-state index in [-0.39, 0.29) is 0 Å². The number of primary amides is 1. The van der Waals surface area contributed by atoms with Crippen LogP contribution in [-0.4, -0.2) is 41.6 Å². The molecule has 1 fully saturated rings. The number of hydrogen-bond acceptors (Lipinski definition) is 7. The quantitative estimate of drug-likeness (QED) is 0.691. The first-order valence-electron chi connectivity index (χ1n) is 8.78. The maximum atomic E-state index is 11.7. The Balaban J connectivity index is 1.77. The van der Waals surface area contributed by atoms with Crippen molar-refractivity contribution in [2.24, 2.45) is 5.73 Å². The highest BCUT2D eigenvalue weighted by molar-refractivity contribution is 7.13. The monoisotopic (exact) mass is 371 g/mol. The Morgan fingerprint density at radius 1 is 1.50 bits per heavy atom. The molecule has 2 aromatic heterocycles. The summed E-state index contributed by atoms with van der Waals surface area (Å²) in [5, 5.41) is 6.17. The number of hydrogen-bond donors (Lipinski definition) is 2. The first kappa shape index (κ1) is 17.0. The lowest BCUT2D eigenvalue weighted by Gasteiger charge is -2.22. The summed E-state index contributed by atoms with van der Waals surface area (Å²) in [7, 11) is 0. The van der Waals surface area contributed by atoms with E-state index < -0.39 is 5.91 Å². The number of nitrogens with zero attached hydrogens (tertiary/aromatic N) is 3. The lowest BCUT2D eigenvalue weighted by Crippen LogP contribution is -2.37. The second-order valence-corrected chi connectivity index (χ2v) is 7.30. The van der Waals surface area contributed by atoms with E-state index >= 15 is 0 Å². The highest BCUT2D eigenvalue weighted by Crippen LogP contribution is 2.34. The minimum atomic E-state index is -0.489. The summed E-state index contributed by atoms with van der Waals surface area (Å²) in [5.41, 5.74) is 7.91. The zero-order valence-electron chi connectivity index (χ0n) is 14.6. The molecule has 3 heterocycles. The molecule has 3 aromatic rings. The van der Waals surface area contributed by atoms with Gasteiger partial charge in [-0.3, -0.25) is 4.79 Å². The van der Waals surface area contributed by atoms with Crippen molar-refractivity contribution in [2.45, 2.75) is 25.8 Å². The van der Waals surface area contributed by atoms with E-state index in [1.165, 1.54) is 17.8 Å². The van der Waals surface area contributed by atoms with Gasteiger partial charge in [-0.25, -0.2) is 4.98 Å². The van der Waals surface area contributed by atoms with Crippen molar-refractivity contribution in [3.63, 3.8) is 0 Å². The molecule has 8 heteroatoms. The third-order valence-electron chi connectivity index (χ3n) is 4.68. The van der Waals surface area contributed by atoms with Gasteiger partial charge in [0.05, 0.1) is 5.56 Å². The van der Waals surface area contributed by atoms with Crippen LogP contribution in [-0.2, 0) is 0 Å². The SMILES string of the molecule is CCN(CC1CCCN1)c1nc2cc(C(N)=O)cc(-c3nccs3)c2o1. The summed E-state index contributed by atoms with van der Waals surface area (Å²) < 4.78 is 6.12. The minimum Gasteiger partial charge on any atom is -0.423 e. The smallest absolute Gasteiger partial charge is 0.298 e. The minimum absolute atomic E-state index is 0.406. The third kappa shape index (κ3) is 3.17. The van der Waals surface area contributed by atoms with E-state index in [4.69, 9.17) is 10.2 Å². The molecule has 1 atom stereocenters. The lowest BCUT2D eigenvalue weighted by molar-refractivity contribution is 0.100. The molecule has 0 saturated carbocycles. The number of oxazole rings is 1.